The molecule has 0 amide bonds. The van der Waals surface area contributed by atoms with Crippen molar-refractivity contribution in [1.82, 2.24) is 0 Å². The molecule has 0 aliphatic heterocycles. The molecule has 4 N–H and O–H groups in total. The van der Waals surface area contributed by atoms with Crippen LogP contribution in [0.3, 0.4) is 0 Å². The summed E-state index contributed by atoms with van der Waals surface area (Å²) in [5, 5.41) is 39.7. The van der Waals surface area contributed by atoms with Crippen LogP contribution in [-0.2, 0) is 11.2 Å². The lowest BCUT2D eigenvalue weighted by molar-refractivity contribution is -0.137. The molecule has 1 aromatic rings. The minimum atomic E-state index is -2.59. The van der Waals surface area contributed by atoms with Crippen molar-refractivity contribution in [3.05, 3.63) is 60.2 Å². The second-order valence-corrected chi connectivity index (χ2v) is 7.12. The van der Waals surface area contributed by atoms with Crippen LogP contribution in [0.15, 0.2) is 54.6 Å². The van der Waals surface area contributed by atoms with Gasteiger partial charge in [-0.25, -0.2) is 0 Å². The van der Waals surface area contributed by atoms with E-state index in [9.17, 15) is 20.1 Å². The van der Waals surface area contributed by atoms with Gasteiger partial charge in [0.25, 0.3) is 0 Å². The summed E-state index contributed by atoms with van der Waals surface area (Å²) >= 11 is 0. The first kappa shape index (κ1) is 17.0. The number of rotatable bonds is 11. The van der Waals surface area contributed by atoms with Gasteiger partial charge in [0.15, 0.2) is 0 Å². The fourth-order valence-electron chi connectivity index (χ4n) is 3.49. The van der Waals surface area contributed by atoms with Crippen LogP contribution in [0, 0.1) is 11.8 Å². The van der Waals surface area contributed by atoms with Crippen molar-refractivity contribution in [2.45, 2.75) is 63.2 Å². The maximum absolute atomic E-state index is 10.8. The first-order valence-electron chi connectivity index (χ1n) is 11.6. The second kappa shape index (κ2) is 11.8. The van der Waals surface area contributed by atoms with E-state index in [-0.39, 0.29) is 12.8 Å². The van der Waals surface area contributed by atoms with Gasteiger partial charge in [-0.3, -0.25) is 4.79 Å². The zero-order valence-corrected chi connectivity index (χ0v) is 15.8. The van der Waals surface area contributed by atoms with Gasteiger partial charge in [-0.15, -0.1) is 0 Å². The molecule has 0 spiro atoms. The van der Waals surface area contributed by atoms with Crippen LogP contribution in [-0.4, -0.2) is 44.7 Å². The van der Waals surface area contributed by atoms with Crippen LogP contribution >= 0.6 is 0 Å². The van der Waals surface area contributed by atoms with E-state index in [1.807, 2.05) is 30.3 Å². The summed E-state index contributed by atoms with van der Waals surface area (Å²) in [5.74, 6) is -2.31. The Kier molecular flexibility index (Phi) is 7.14. The van der Waals surface area contributed by atoms with E-state index in [4.69, 9.17) is 10.6 Å². The number of carbonyl (C=O) groups is 1. The highest BCUT2D eigenvalue weighted by Gasteiger charge is 2.39. The first-order valence-corrected chi connectivity index (χ1v) is 9.59. The minimum Gasteiger partial charge on any atom is -0.481 e. The lowest BCUT2D eigenvalue weighted by Crippen LogP contribution is -2.20. The Morgan fingerprint density at radius 1 is 1.21 bits per heavy atom. The molecular formula is C23H32O5. The fraction of sp³-hybridized carbons (Fsp3) is 0.522. The van der Waals surface area contributed by atoms with Crippen LogP contribution in [0.5, 0.6) is 0 Å². The van der Waals surface area contributed by atoms with Gasteiger partial charge in [0, 0.05) is 24.2 Å². The molecule has 0 saturated heterocycles. The molecule has 1 aliphatic carbocycles. The van der Waals surface area contributed by atoms with E-state index in [0.29, 0.717) is 12.8 Å². The van der Waals surface area contributed by atoms with E-state index in [1.54, 1.807) is 12.2 Å². The Hall–Kier alpha value is -1.95. The lowest BCUT2D eigenvalue weighted by Gasteiger charge is -2.19. The first-order chi connectivity index (χ1) is 14.9. The molecule has 0 aromatic heterocycles. The third-order valence-corrected chi connectivity index (χ3v) is 4.99. The quantitative estimate of drug-likeness (QED) is 0.434. The van der Waals surface area contributed by atoms with E-state index in [1.165, 1.54) is 6.08 Å². The predicted octanol–water partition coefficient (Wildman–Crippen LogP) is 3.10. The minimum absolute atomic E-state index is 0.153. The Morgan fingerprint density at radius 2 is 1.96 bits per heavy atom. The van der Waals surface area contributed by atoms with Crippen molar-refractivity contribution in [2.75, 3.05) is 0 Å². The Balaban J connectivity index is 1.98. The van der Waals surface area contributed by atoms with Gasteiger partial charge < -0.3 is 20.4 Å². The monoisotopic (exact) mass is 392 g/mol. The van der Waals surface area contributed by atoms with E-state index in [2.05, 4.69) is 0 Å². The van der Waals surface area contributed by atoms with Crippen LogP contribution in [0.25, 0.3) is 0 Å². The van der Waals surface area contributed by atoms with Crippen LogP contribution in [0.2, 0.25) is 0 Å². The van der Waals surface area contributed by atoms with E-state index >= 15 is 0 Å². The van der Waals surface area contributed by atoms with E-state index in [0.717, 1.165) is 11.6 Å². The molecule has 1 aliphatic rings. The van der Waals surface area contributed by atoms with Crippen molar-refractivity contribution >= 4 is 5.97 Å². The molecule has 1 saturated carbocycles. The number of hydrogen-bond donors (Lipinski definition) is 4. The van der Waals surface area contributed by atoms with Gasteiger partial charge in [0.1, 0.15) is 0 Å². The molecule has 28 heavy (non-hydrogen) atoms. The molecule has 0 unspecified atom stereocenters. The summed E-state index contributed by atoms with van der Waals surface area (Å²) in [6.07, 6.45) is -1.21. The topological polar surface area (TPSA) is 98.0 Å². The summed E-state index contributed by atoms with van der Waals surface area (Å²) in [6.45, 7) is 0. The Bertz CT molecular complexity index is 797. The molecule has 1 fully saturated rings. The Labute approximate surface area is 172 Å². The molecule has 5 heteroatoms. The number of aliphatic hydroxyl groups is 3. The second-order valence-electron chi connectivity index (χ2n) is 7.12. The highest BCUT2D eigenvalue weighted by Crippen LogP contribution is 2.36. The number of carboxylic acid groups (broad SMARTS) is 1. The maximum atomic E-state index is 10.8. The van der Waals surface area contributed by atoms with Crippen molar-refractivity contribution < 1.29 is 30.7 Å². The predicted molar refractivity (Wildman–Crippen MR) is 109 cm³/mol. The number of benzene rings is 1. The van der Waals surface area contributed by atoms with Gasteiger partial charge in [-0.05, 0) is 43.5 Å². The van der Waals surface area contributed by atoms with Crippen LogP contribution < -0.4 is 0 Å². The molecule has 0 heterocycles. The molecule has 2 rings (SSSR count). The molecule has 0 bridgehead atoms. The number of allylic oxidation sites excluding steroid dienone is 2. The van der Waals surface area contributed by atoms with Gasteiger partial charge in [0.05, 0.1) is 18.3 Å². The molecule has 154 valence electrons. The average molecular weight is 393 g/mol. The maximum Gasteiger partial charge on any atom is 0.303 e. The van der Waals surface area contributed by atoms with Gasteiger partial charge in [-0.1, -0.05) is 54.6 Å². The van der Waals surface area contributed by atoms with Gasteiger partial charge in [-0.2, -0.15) is 0 Å². The smallest absolute Gasteiger partial charge is 0.303 e. The van der Waals surface area contributed by atoms with Crippen molar-refractivity contribution in [3.8, 4) is 0 Å². The summed E-state index contributed by atoms with van der Waals surface area (Å²) < 4.78 is 31.2. The van der Waals surface area contributed by atoms with Crippen molar-refractivity contribution in [1.29, 1.82) is 0 Å². The lowest BCUT2D eigenvalue weighted by atomic mass is 9.89. The van der Waals surface area contributed by atoms with Crippen molar-refractivity contribution in [2.24, 2.45) is 11.8 Å². The van der Waals surface area contributed by atoms with Gasteiger partial charge in [0.2, 0.25) is 0 Å². The molecular weight excluding hydrogens is 356 g/mol. The normalized spacial score (nSPS) is 29.4. The third-order valence-electron chi connectivity index (χ3n) is 4.99. The van der Waals surface area contributed by atoms with Gasteiger partial charge >= 0.3 is 5.97 Å². The molecule has 5 nitrogen and oxygen atoms in total. The number of carboxylic acids is 1. The summed E-state index contributed by atoms with van der Waals surface area (Å²) in [6, 6.07) is 9.75. The fourth-order valence-corrected chi connectivity index (χ4v) is 3.49. The van der Waals surface area contributed by atoms with Crippen LogP contribution in [0.4, 0.5) is 0 Å². The summed E-state index contributed by atoms with van der Waals surface area (Å²) in [4.78, 5) is 10.8. The Morgan fingerprint density at radius 3 is 2.68 bits per heavy atom. The summed E-state index contributed by atoms with van der Waals surface area (Å²) in [5.41, 5.74) is 1.11. The van der Waals surface area contributed by atoms with Crippen LogP contribution in [0.1, 0.15) is 49.5 Å². The average Bonchev–Trinajstić information content (AvgIpc) is 2.97. The number of aliphatic hydroxyl groups excluding tert-OH is 3. The van der Waals surface area contributed by atoms with Crippen molar-refractivity contribution in [3.63, 3.8) is 0 Å². The molecule has 5 atom stereocenters. The molecule has 1 aromatic carbocycles. The third kappa shape index (κ3) is 7.58. The zero-order valence-electron chi connectivity index (χ0n) is 19.8. The number of aryl methyl sites for hydroxylation is 1. The SMILES string of the molecule is [2H]C([2H])(/C=C\C[C@@H]1[C@@H](/C=C/[C@@H](O)CCc2ccccc2)[C@H](O)C[C@@H]1O)C([2H])([2H])CC(=O)O. The molecule has 0 radical (unpaired) electrons. The number of hydrogen-bond acceptors (Lipinski definition) is 4. The highest BCUT2D eigenvalue weighted by atomic mass is 16.4. The highest BCUT2D eigenvalue weighted by molar-refractivity contribution is 5.66. The summed E-state index contributed by atoms with van der Waals surface area (Å²) in [7, 11) is 0. The standard InChI is InChI=1S/C23H32O5/c24-18(13-12-17-8-4-3-5-9-17)14-15-20-19(21(25)16-22(20)26)10-6-1-2-7-11-23(27)28/h1,3-6,8-9,14-15,18-22,24-26H,2,7,10-13,16H2,(H,27,28)/b6-1-,15-14+/t18-,19+,20+,21-,22+/m0/s1/i2D2,7D2. The largest absolute Gasteiger partial charge is 0.481 e. The zero-order chi connectivity index (χ0) is 23.9. The number of aliphatic carboxylic acids is 1. The van der Waals surface area contributed by atoms with E-state index < -0.39 is 55.3 Å².